The minimum absolute atomic E-state index is 0.0787. The van der Waals surface area contributed by atoms with Gasteiger partial charge in [-0.25, -0.2) is 8.42 Å². The molecule has 202 valence electrons. The maximum Gasteiger partial charge on any atom is 0.252 e. The van der Waals surface area contributed by atoms with Gasteiger partial charge in [0.15, 0.2) is 17.3 Å². The number of hydrogen-bond acceptors (Lipinski definition) is 8. The molecule has 3 atom stereocenters. The molecule has 2 fully saturated rings. The summed E-state index contributed by atoms with van der Waals surface area (Å²) in [5, 5.41) is 2.82. The number of ether oxygens (including phenoxy) is 2. The smallest absolute Gasteiger partial charge is 0.252 e. The summed E-state index contributed by atoms with van der Waals surface area (Å²) in [4.78, 5) is 45.2. The number of aromatic nitrogens is 1. The number of hydrogen-bond donors (Lipinski definition) is 1. The maximum absolute atomic E-state index is 13.7. The van der Waals surface area contributed by atoms with Crippen molar-refractivity contribution in [1.82, 2.24) is 19.5 Å². The van der Waals surface area contributed by atoms with E-state index in [-0.39, 0.29) is 43.2 Å². The molecule has 0 saturated carbocycles. The van der Waals surface area contributed by atoms with Gasteiger partial charge in [0.25, 0.3) is 5.91 Å². The zero-order valence-electron chi connectivity index (χ0n) is 21.2. The van der Waals surface area contributed by atoms with Gasteiger partial charge in [-0.2, -0.15) is 4.31 Å². The van der Waals surface area contributed by atoms with Crippen molar-refractivity contribution in [3.8, 4) is 11.5 Å². The van der Waals surface area contributed by atoms with Gasteiger partial charge in [0.2, 0.25) is 22.7 Å². The number of ketones is 1. The van der Waals surface area contributed by atoms with E-state index in [1.807, 2.05) is 13.8 Å². The van der Waals surface area contributed by atoms with Crippen LogP contribution in [0.4, 0.5) is 0 Å². The molecule has 12 heteroatoms. The van der Waals surface area contributed by atoms with Crippen LogP contribution in [0.15, 0.2) is 42.7 Å². The summed E-state index contributed by atoms with van der Waals surface area (Å²) in [7, 11) is -3.81. The van der Waals surface area contributed by atoms with Gasteiger partial charge >= 0.3 is 0 Å². The first-order chi connectivity index (χ1) is 18.1. The number of rotatable bonds is 8. The fraction of sp³-hybridized carbons (Fsp3) is 0.462. The van der Waals surface area contributed by atoms with Crippen LogP contribution in [0.3, 0.4) is 0 Å². The lowest BCUT2D eigenvalue weighted by Gasteiger charge is -2.29. The molecule has 38 heavy (non-hydrogen) atoms. The summed E-state index contributed by atoms with van der Waals surface area (Å²) < 4.78 is 38.3. The van der Waals surface area contributed by atoms with Crippen molar-refractivity contribution in [3.63, 3.8) is 0 Å². The number of Topliss-reactive ketones (excluding diaryl/α,β-unsaturated/α-hetero) is 1. The number of amides is 2. The lowest BCUT2D eigenvalue weighted by atomic mass is 10.0. The predicted molar refractivity (Wildman–Crippen MR) is 136 cm³/mol. The first-order valence-corrected chi connectivity index (χ1v) is 14.2. The van der Waals surface area contributed by atoms with E-state index in [1.54, 1.807) is 36.5 Å². The number of likely N-dealkylation sites (tertiary alicyclic amines) is 1. The fourth-order valence-electron chi connectivity index (χ4n) is 5.33. The SMILES string of the molecule is CC(C)CC(NC(=O)c1ccc2c(c1)OCO2)C(=O)N1CCC2C1C(=O)CN2S(=O)(=O)Cc1cccnc1. The number of carbonyl (C=O) groups is 3. The Morgan fingerprint density at radius 1 is 1.18 bits per heavy atom. The van der Waals surface area contributed by atoms with Crippen LogP contribution < -0.4 is 14.8 Å². The average Bonchev–Trinajstić information content (AvgIpc) is 3.60. The van der Waals surface area contributed by atoms with E-state index in [2.05, 4.69) is 10.3 Å². The van der Waals surface area contributed by atoms with Crippen LogP contribution in [0, 0.1) is 5.92 Å². The van der Waals surface area contributed by atoms with Gasteiger partial charge in [0.1, 0.15) is 12.1 Å². The Balaban J connectivity index is 1.32. The largest absolute Gasteiger partial charge is 0.454 e. The second kappa shape index (κ2) is 10.3. The molecule has 0 radical (unpaired) electrons. The van der Waals surface area contributed by atoms with Gasteiger partial charge in [-0.1, -0.05) is 19.9 Å². The molecule has 2 amide bonds. The Labute approximate surface area is 221 Å². The number of fused-ring (bicyclic) bond motifs is 2. The van der Waals surface area contributed by atoms with Crippen LogP contribution >= 0.6 is 0 Å². The van der Waals surface area contributed by atoms with E-state index in [1.165, 1.54) is 15.4 Å². The first-order valence-electron chi connectivity index (χ1n) is 12.6. The van der Waals surface area contributed by atoms with Crippen LogP contribution in [-0.2, 0) is 25.4 Å². The molecule has 2 saturated heterocycles. The van der Waals surface area contributed by atoms with Crippen molar-refractivity contribution in [2.45, 2.75) is 50.6 Å². The fourth-order valence-corrected chi connectivity index (χ4v) is 7.05. The number of sulfonamides is 1. The Morgan fingerprint density at radius 3 is 2.71 bits per heavy atom. The van der Waals surface area contributed by atoms with Crippen molar-refractivity contribution in [1.29, 1.82) is 0 Å². The second-order valence-corrected chi connectivity index (χ2v) is 12.1. The van der Waals surface area contributed by atoms with Crippen molar-refractivity contribution < 1.29 is 32.3 Å². The molecule has 2 aromatic rings. The summed E-state index contributed by atoms with van der Waals surface area (Å²) in [6.07, 6.45) is 3.75. The van der Waals surface area contributed by atoms with Crippen molar-refractivity contribution in [2.24, 2.45) is 5.92 Å². The van der Waals surface area contributed by atoms with Crippen LogP contribution in [0.1, 0.15) is 42.6 Å². The molecule has 1 aromatic heterocycles. The van der Waals surface area contributed by atoms with E-state index < -0.39 is 34.1 Å². The summed E-state index contributed by atoms with van der Waals surface area (Å²) in [6.45, 7) is 3.91. The van der Waals surface area contributed by atoms with Gasteiger partial charge in [0.05, 0.1) is 18.3 Å². The van der Waals surface area contributed by atoms with Gasteiger partial charge < -0.3 is 19.7 Å². The highest BCUT2D eigenvalue weighted by Gasteiger charge is 2.54. The topological polar surface area (TPSA) is 135 Å². The van der Waals surface area contributed by atoms with Gasteiger partial charge in [-0.3, -0.25) is 19.4 Å². The number of benzene rings is 1. The zero-order chi connectivity index (χ0) is 27.0. The molecule has 1 aromatic carbocycles. The van der Waals surface area contributed by atoms with Gasteiger partial charge in [-0.05, 0) is 48.6 Å². The Hall–Kier alpha value is -3.51. The van der Waals surface area contributed by atoms with E-state index in [0.29, 0.717) is 35.5 Å². The minimum Gasteiger partial charge on any atom is -0.454 e. The summed E-state index contributed by atoms with van der Waals surface area (Å²) in [5.41, 5.74) is 0.845. The summed E-state index contributed by atoms with van der Waals surface area (Å²) in [6, 6.07) is 5.75. The molecule has 4 heterocycles. The molecule has 5 rings (SSSR count). The van der Waals surface area contributed by atoms with Crippen molar-refractivity contribution in [3.05, 3.63) is 53.9 Å². The highest BCUT2D eigenvalue weighted by molar-refractivity contribution is 7.88. The lowest BCUT2D eigenvalue weighted by Crippen LogP contribution is -2.53. The molecular formula is C26H30N4O7S. The minimum atomic E-state index is -3.81. The maximum atomic E-state index is 13.7. The van der Waals surface area contributed by atoms with Crippen LogP contribution in [0.25, 0.3) is 0 Å². The molecule has 1 N–H and O–H groups in total. The average molecular weight is 543 g/mol. The van der Waals surface area contributed by atoms with E-state index >= 15 is 0 Å². The van der Waals surface area contributed by atoms with Gasteiger partial charge in [-0.15, -0.1) is 0 Å². The second-order valence-electron chi connectivity index (χ2n) is 10.2. The normalized spacial score (nSPS) is 21.6. The van der Waals surface area contributed by atoms with Crippen LogP contribution in [-0.4, -0.2) is 78.2 Å². The number of pyridine rings is 1. The van der Waals surface area contributed by atoms with Crippen molar-refractivity contribution >= 4 is 27.6 Å². The number of nitrogens with one attached hydrogen (secondary N) is 1. The monoisotopic (exact) mass is 542 g/mol. The third-order valence-electron chi connectivity index (χ3n) is 7.03. The summed E-state index contributed by atoms with van der Waals surface area (Å²) >= 11 is 0. The molecule has 11 nitrogen and oxygen atoms in total. The first kappa shape index (κ1) is 26.1. The van der Waals surface area contributed by atoms with Crippen LogP contribution in [0.5, 0.6) is 11.5 Å². The number of nitrogens with zero attached hydrogens (tertiary/aromatic N) is 3. The molecular weight excluding hydrogens is 512 g/mol. The quantitative estimate of drug-likeness (QED) is 0.528. The summed E-state index contributed by atoms with van der Waals surface area (Å²) in [5.74, 6) is -0.349. The Bertz CT molecular complexity index is 1350. The molecule has 0 aliphatic carbocycles. The van der Waals surface area contributed by atoms with Crippen molar-refractivity contribution in [2.75, 3.05) is 19.9 Å². The molecule has 3 aliphatic rings. The van der Waals surface area contributed by atoms with Gasteiger partial charge in [0, 0.05) is 24.5 Å². The zero-order valence-corrected chi connectivity index (χ0v) is 22.0. The standard InChI is InChI=1S/C26H30N4O7S/c1-16(2)10-19(28-25(32)18-5-6-22-23(11-18)37-15-36-22)26(33)29-9-7-20-24(29)21(31)13-30(20)38(34,35)14-17-4-3-8-27-12-17/h3-6,8,11-12,16,19-20,24H,7,9-10,13-15H2,1-2H3,(H,28,32). The van der Waals surface area contributed by atoms with E-state index in [0.717, 1.165) is 0 Å². The molecule has 0 bridgehead atoms. The number of carbonyl (C=O) groups excluding carboxylic acids is 3. The molecule has 0 spiro atoms. The van der Waals surface area contributed by atoms with E-state index in [4.69, 9.17) is 9.47 Å². The lowest BCUT2D eigenvalue weighted by molar-refractivity contribution is -0.138. The van der Waals surface area contributed by atoms with E-state index in [9.17, 15) is 22.8 Å². The third-order valence-corrected chi connectivity index (χ3v) is 8.85. The predicted octanol–water partition coefficient (Wildman–Crippen LogP) is 1.34. The highest BCUT2D eigenvalue weighted by atomic mass is 32.2. The molecule has 3 unspecified atom stereocenters. The molecule has 3 aliphatic heterocycles. The highest BCUT2D eigenvalue weighted by Crippen LogP contribution is 2.34. The Kier molecular flexibility index (Phi) is 7.10. The Morgan fingerprint density at radius 2 is 1.97 bits per heavy atom. The third kappa shape index (κ3) is 5.10. The van der Waals surface area contributed by atoms with Crippen LogP contribution in [0.2, 0.25) is 0 Å².